The van der Waals surface area contributed by atoms with E-state index in [1.165, 1.54) is 24.6 Å². The molecule has 2 aliphatic carbocycles. The van der Waals surface area contributed by atoms with Gasteiger partial charge in [0.15, 0.2) is 0 Å². The zero-order chi connectivity index (χ0) is 17.1. The Balaban J connectivity index is 1.38. The maximum Gasteiger partial charge on any atom is 0.233 e. The first-order valence-corrected chi connectivity index (χ1v) is 9.89. The van der Waals surface area contributed by atoms with E-state index in [9.17, 15) is 4.79 Å². The highest BCUT2D eigenvalue weighted by molar-refractivity contribution is 7.99. The second-order valence-electron chi connectivity index (χ2n) is 6.75. The van der Waals surface area contributed by atoms with Gasteiger partial charge in [-0.2, -0.15) is 0 Å². The van der Waals surface area contributed by atoms with Crippen molar-refractivity contribution >= 4 is 17.7 Å². The number of nitrogens with zero attached hydrogens (tertiary/aromatic N) is 6. The molecule has 8 heteroatoms. The van der Waals surface area contributed by atoms with Gasteiger partial charge in [-0.25, -0.2) is 4.68 Å². The maximum atomic E-state index is 12.8. The minimum atomic E-state index is 0.150. The van der Waals surface area contributed by atoms with Crippen LogP contribution in [0.3, 0.4) is 0 Å². The second-order valence-corrected chi connectivity index (χ2v) is 7.69. The number of rotatable bonds is 7. The minimum Gasteiger partial charge on any atom is -0.335 e. The van der Waals surface area contributed by atoms with Gasteiger partial charge in [-0.1, -0.05) is 30.7 Å². The molecule has 132 valence electrons. The average molecular weight is 358 g/mol. The van der Waals surface area contributed by atoms with Crippen LogP contribution < -0.4 is 0 Å². The van der Waals surface area contributed by atoms with Crippen molar-refractivity contribution in [3.8, 4) is 0 Å². The number of aromatic nitrogens is 5. The molecule has 2 aromatic heterocycles. The molecule has 1 amide bonds. The molecule has 0 atom stereocenters. The van der Waals surface area contributed by atoms with Crippen molar-refractivity contribution in [3.63, 3.8) is 0 Å². The maximum absolute atomic E-state index is 12.8. The molecular weight excluding hydrogens is 336 g/mol. The van der Waals surface area contributed by atoms with Crippen LogP contribution in [0.25, 0.3) is 0 Å². The number of pyridine rings is 1. The normalized spacial score (nSPS) is 17.8. The van der Waals surface area contributed by atoms with Crippen molar-refractivity contribution in [2.24, 2.45) is 0 Å². The Bertz CT molecular complexity index is 711. The monoisotopic (exact) mass is 358 g/mol. The Morgan fingerprint density at radius 3 is 2.84 bits per heavy atom. The van der Waals surface area contributed by atoms with E-state index in [1.54, 1.807) is 6.20 Å². The molecule has 0 unspecified atom stereocenters. The largest absolute Gasteiger partial charge is 0.335 e. The van der Waals surface area contributed by atoms with Crippen LogP contribution in [-0.2, 0) is 11.3 Å². The molecule has 2 aliphatic rings. The molecule has 0 bridgehead atoms. The molecule has 2 saturated carbocycles. The number of tetrazole rings is 1. The van der Waals surface area contributed by atoms with Gasteiger partial charge in [0.2, 0.25) is 11.1 Å². The van der Waals surface area contributed by atoms with Crippen LogP contribution in [0.2, 0.25) is 0 Å². The first-order valence-electron chi connectivity index (χ1n) is 8.90. The molecule has 0 radical (unpaired) electrons. The van der Waals surface area contributed by atoms with E-state index >= 15 is 0 Å². The molecule has 2 heterocycles. The van der Waals surface area contributed by atoms with E-state index in [2.05, 4.69) is 20.5 Å². The molecule has 0 N–H and O–H groups in total. The smallest absolute Gasteiger partial charge is 0.233 e. The van der Waals surface area contributed by atoms with Crippen LogP contribution in [0.4, 0.5) is 0 Å². The zero-order valence-electron chi connectivity index (χ0n) is 14.1. The number of thioether (sulfide) groups is 1. The van der Waals surface area contributed by atoms with Crippen molar-refractivity contribution < 1.29 is 4.79 Å². The summed E-state index contributed by atoms with van der Waals surface area (Å²) < 4.78 is 1.91. The molecule has 2 aromatic rings. The summed E-state index contributed by atoms with van der Waals surface area (Å²) in [4.78, 5) is 18.9. The molecule has 25 heavy (non-hydrogen) atoms. The SMILES string of the molecule is O=C(CSc1nnnn1C1CCCC1)N(Cc1cccnc1)C1CC1. The van der Waals surface area contributed by atoms with Crippen molar-refractivity contribution in [2.45, 2.75) is 62.3 Å². The van der Waals surface area contributed by atoms with E-state index in [0.29, 0.717) is 24.4 Å². The van der Waals surface area contributed by atoms with Gasteiger partial charge < -0.3 is 4.90 Å². The molecule has 2 fully saturated rings. The third-order valence-corrected chi connectivity index (χ3v) is 5.76. The van der Waals surface area contributed by atoms with E-state index in [-0.39, 0.29) is 5.91 Å². The summed E-state index contributed by atoms with van der Waals surface area (Å²) >= 11 is 1.45. The van der Waals surface area contributed by atoms with Gasteiger partial charge in [0.25, 0.3) is 0 Å². The Morgan fingerprint density at radius 2 is 2.12 bits per heavy atom. The lowest BCUT2D eigenvalue weighted by atomic mass is 10.2. The number of amides is 1. The number of hydrogen-bond acceptors (Lipinski definition) is 6. The molecule has 0 spiro atoms. The van der Waals surface area contributed by atoms with Gasteiger partial charge >= 0.3 is 0 Å². The van der Waals surface area contributed by atoms with Crippen LogP contribution in [-0.4, -0.2) is 47.8 Å². The van der Waals surface area contributed by atoms with E-state index in [4.69, 9.17) is 0 Å². The third-order valence-electron chi connectivity index (χ3n) is 4.84. The summed E-state index contributed by atoms with van der Waals surface area (Å²) in [6.07, 6.45) is 10.5. The van der Waals surface area contributed by atoms with Gasteiger partial charge in [-0.15, -0.1) is 5.10 Å². The summed E-state index contributed by atoms with van der Waals surface area (Å²) in [5.74, 6) is 0.529. The lowest BCUT2D eigenvalue weighted by molar-refractivity contribution is -0.129. The Morgan fingerprint density at radius 1 is 1.28 bits per heavy atom. The van der Waals surface area contributed by atoms with Crippen molar-refractivity contribution in [3.05, 3.63) is 30.1 Å². The third kappa shape index (κ3) is 4.00. The second kappa shape index (κ2) is 7.51. The summed E-state index contributed by atoms with van der Waals surface area (Å²) in [5.41, 5.74) is 1.07. The highest BCUT2D eigenvalue weighted by Crippen LogP contribution is 2.32. The van der Waals surface area contributed by atoms with Crippen molar-refractivity contribution in [1.29, 1.82) is 0 Å². The fourth-order valence-corrected chi connectivity index (χ4v) is 4.19. The van der Waals surface area contributed by atoms with Gasteiger partial charge in [-0.3, -0.25) is 9.78 Å². The standard InChI is InChI=1S/C17H22N6OS/c24-16(22(14-7-8-14)11-13-4-3-9-18-10-13)12-25-17-19-20-21-23(17)15-5-1-2-6-15/h3-4,9-10,14-15H,1-2,5-8,11-12H2. The highest BCUT2D eigenvalue weighted by atomic mass is 32.2. The van der Waals surface area contributed by atoms with Crippen LogP contribution >= 0.6 is 11.8 Å². The van der Waals surface area contributed by atoms with Gasteiger partial charge in [-0.05, 0) is 47.7 Å². The molecule has 4 rings (SSSR count). The molecular formula is C17H22N6OS. The van der Waals surface area contributed by atoms with Gasteiger partial charge in [0, 0.05) is 25.0 Å². The predicted molar refractivity (Wildman–Crippen MR) is 93.9 cm³/mol. The lowest BCUT2D eigenvalue weighted by Crippen LogP contribution is -2.34. The summed E-state index contributed by atoms with van der Waals surface area (Å²) in [6, 6.07) is 4.69. The lowest BCUT2D eigenvalue weighted by Gasteiger charge is -2.22. The molecule has 7 nitrogen and oxygen atoms in total. The van der Waals surface area contributed by atoms with Crippen LogP contribution in [0.15, 0.2) is 29.7 Å². The zero-order valence-corrected chi connectivity index (χ0v) is 14.9. The predicted octanol–water partition coefficient (Wildman–Crippen LogP) is 2.47. The quantitative estimate of drug-likeness (QED) is 0.708. The number of carbonyl (C=O) groups excluding carboxylic acids is 1. The van der Waals surface area contributed by atoms with Crippen LogP contribution in [0.1, 0.15) is 50.1 Å². The number of carbonyl (C=O) groups is 1. The molecule has 0 saturated heterocycles. The fraction of sp³-hybridized carbons (Fsp3) is 0.588. The summed E-state index contributed by atoms with van der Waals surface area (Å²) in [6.45, 7) is 0.630. The highest BCUT2D eigenvalue weighted by Gasteiger charge is 2.33. The average Bonchev–Trinajstić information content (AvgIpc) is 3.13. The van der Waals surface area contributed by atoms with Gasteiger partial charge in [0.1, 0.15) is 0 Å². The van der Waals surface area contributed by atoms with Crippen molar-refractivity contribution in [1.82, 2.24) is 30.1 Å². The minimum absolute atomic E-state index is 0.150. The van der Waals surface area contributed by atoms with E-state index in [1.807, 2.05) is 27.9 Å². The summed E-state index contributed by atoms with van der Waals surface area (Å²) in [7, 11) is 0. The van der Waals surface area contributed by atoms with Crippen molar-refractivity contribution in [2.75, 3.05) is 5.75 Å². The van der Waals surface area contributed by atoms with Crippen LogP contribution in [0.5, 0.6) is 0 Å². The Hall–Kier alpha value is -1.96. The van der Waals surface area contributed by atoms with E-state index in [0.717, 1.165) is 36.4 Å². The topological polar surface area (TPSA) is 76.8 Å². The first kappa shape index (κ1) is 16.5. The molecule has 0 aliphatic heterocycles. The number of hydrogen-bond donors (Lipinski definition) is 0. The van der Waals surface area contributed by atoms with Gasteiger partial charge in [0.05, 0.1) is 11.8 Å². The Labute approximate surface area is 151 Å². The Kier molecular flexibility index (Phi) is 4.96. The van der Waals surface area contributed by atoms with Crippen LogP contribution in [0, 0.1) is 0 Å². The first-order chi connectivity index (χ1) is 12.3. The summed E-state index contributed by atoms with van der Waals surface area (Å²) in [5, 5.41) is 12.8. The van der Waals surface area contributed by atoms with E-state index < -0.39 is 0 Å². The fourth-order valence-electron chi connectivity index (χ4n) is 3.36. The molecule has 0 aromatic carbocycles.